The Morgan fingerprint density at radius 3 is 2.77 bits per heavy atom. The van der Waals surface area contributed by atoms with Gasteiger partial charge in [0, 0.05) is 11.7 Å². The van der Waals surface area contributed by atoms with E-state index >= 15 is 0 Å². The standard InChI is InChI=1S/C11H16FN/c1-4-9(3)13-11-7-10(12)6-5-8(11)2/h5-7,9,13H,4H2,1-3H3/t9-/m0/s1. The summed E-state index contributed by atoms with van der Waals surface area (Å²) >= 11 is 0. The van der Waals surface area contributed by atoms with Crippen LogP contribution in [0.3, 0.4) is 0 Å². The maximum atomic E-state index is 12.9. The molecule has 0 aliphatic carbocycles. The number of hydrogen-bond acceptors (Lipinski definition) is 1. The zero-order valence-electron chi connectivity index (χ0n) is 8.39. The van der Waals surface area contributed by atoms with Crippen molar-refractivity contribution in [2.45, 2.75) is 33.2 Å². The summed E-state index contributed by atoms with van der Waals surface area (Å²) in [5, 5.41) is 3.26. The van der Waals surface area contributed by atoms with E-state index in [4.69, 9.17) is 0 Å². The number of hydrogen-bond donors (Lipinski definition) is 1. The Hall–Kier alpha value is -1.05. The van der Waals surface area contributed by atoms with Gasteiger partial charge >= 0.3 is 0 Å². The topological polar surface area (TPSA) is 12.0 Å². The fraction of sp³-hybridized carbons (Fsp3) is 0.455. The average molecular weight is 181 g/mol. The minimum atomic E-state index is -0.184. The van der Waals surface area contributed by atoms with E-state index in [0.717, 1.165) is 17.7 Å². The summed E-state index contributed by atoms with van der Waals surface area (Å²) in [6.45, 7) is 6.17. The zero-order chi connectivity index (χ0) is 9.84. The molecule has 0 fully saturated rings. The zero-order valence-corrected chi connectivity index (χ0v) is 8.39. The van der Waals surface area contributed by atoms with Crippen LogP contribution in [0.15, 0.2) is 18.2 Å². The van der Waals surface area contributed by atoms with Crippen molar-refractivity contribution in [1.82, 2.24) is 0 Å². The second-order valence-electron chi connectivity index (χ2n) is 3.41. The van der Waals surface area contributed by atoms with Crippen molar-refractivity contribution in [3.63, 3.8) is 0 Å². The third-order valence-corrected chi connectivity index (χ3v) is 2.21. The molecule has 1 nitrogen and oxygen atoms in total. The van der Waals surface area contributed by atoms with Crippen molar-refractivity contribution in [3.8, 4) is 0 Å². The Bertz CT molecular complexity index is 283. The summed E-state index contributed by atoms with van der Waals surface area (Å²) in [5.74, 6) is -0.184. The lowest BCUT2D eigenvalue weighted by Crippen LogP contribution is -2.14. The number of aryl methyl sites for hydroxylation is 1. The highest BCUT2D eigenvalue weighted by Gasteiger charge is 2.02. The predicted molar refractivity (Wildman–Crippen MR) is 54.5 cm³/mol. The van der Waals surface area contributed by atoms with Gasteiger partial charge in [-0.05, 0) is 38.0 Å². The largest absolute Gasteiger partial charge is 0.382 e. The van der Waals surface area contributed by atoms with Crippen LogP contribution in [-0.4, -0.2) is 6.04 Å². The normalized spacial score (nSPS) is 12.6. The van der Waals surface area contributed by atoms with Crippen LogP contribution in [-0.2, 0) is 0 Å². The van der Waals surface area contributed by atoms with Crippen molar-refractivity contribution >= 4 is 5.69 Å². The molecule has 1 rings (SSSR count). The molecule has 1 N–H and O–H groups in total. The van der Waals surface area contributed by atoms with Crippen molar-refractivity contribution in [2.75, 3.05) is 5.32 Å². The van der Waals surface area contributed by atoms with Gasteiger partial charge in [0.15, 0.2) is 0 Å². The van der Waals surface area contributed by atoms with Crippen molar-refractivity contribution in [1.29, 1.82) is 0 Å². The second-order valence-corrected chi connectivity index (χ2v) is 3.41. The van der Waals surface area contributed by atoms with Crippen LogP contribution >= 0.6 is 0 Å². The van der Waals surface area contributed by atoms with Crippen LogP contribution in [0.1, 0.15) is 25.8 Å². The van der Waals surface area contributed by atoms with Gasteiger partial charge in [0.2, 0.25) is 0 Å². The first-order valence-corrected chi connectivity index (χ1v) is 4.66. The molecule has 0 bridgehead atoms. The summed E-state index contributed by atoms with van der Waals surface area (Å²) in [6, 6.07) is 5.21. The number of rotatable bonds is 3. The smallest absolute Gasteiger partial charge is 0.125 e. The second kappa shape index (κ2) is 4.26. The Morgan fingerprint density at radius 2 is 2.15 bits per heavy atom. The first kappa shape index (κ1) is 10.0. The van der Waals surface area contributed by atoms with Crippen molar-refractivity contribution in [2.24, 2.45) is 0 Å². The van der Waals surface area contributed by atoms with Gasteiger partial charge in [0.1, 0.15) is 5.82 Å². The molecule has 0 unspecified atom stereocenters. The van der Waals surface area contributed by atoms with Crippen LogP contribution in [0.2, 0.25) is 0 Å². The van der Waals surface area contributed by atoms with Gasteiger partial charge in [-0.1, -0.05) is 13.0 Å². The first-order chi connectivity index (χ1) is 6.13. The van der Waals surface area contributed by atoms with Crippen LogP contribution in [0.25, 0.3) is 0 Å². The van der Waals surface area contributed by atoms with E-state index in [9.17, 15) is 4.39 Å². The molecule has 0 radical (unpaired) electrons. The molecule has 1 atom stereocenters. The van der Waals surface area contributed by atoms with Crippen molar-refractivity contribution in [3.05, 3.63) is 29.6 Å². The number of nitrogens with one attached hydrogen (secondary N) is 1. The SMILES string of the molecule is CC[C@H](C)Nc1cc(F)ccc1C. The van der Waals surface area contributed by atoms with E-state index in [1.54, 1.807) is 12.1 Å². The fourth-order valence-electron chi connectivity index (χ4n) is 1.12. The highest BCUT2D eigenvalue weighted by molar-refractivity contribution is 5.51. The van der Waals surface area contributed by atoms with Gasteiger partial charge in [-0.2, -0.15) is 0 Å². The molecule has 0 amide bonds. The van der Waals surface area contributed by atoms with E-state index in [2.05, 4.69) is 19.2 Å². The molecule has 0 heterocycles. The molecule has 0 saturated heterocycles. The van der Waals surface area contributed by atoms with Gasteiger partial charge in [-0.25, -0.2) is 4.39 Å². The molecule has 0 spiro atoms. The van der Waals surface area contributed by atoms with Crippen molar-refractivity contribution < 1.29 is 4.39 Å². The summed E-state index contributed by atoms with van der Waals surface area (Å²) in [7, 11) is 0. The maximum absolute atomic E-state index is 12.9. The number of anilines is 1. The van der Waals surface area contributed by atoms with Crippen LogP contribution in [0.5, 0.6) is 0 Å². The van der Waals surface area contributed by atoms with E-state index in [-0.39, 0.29) is 5.82 Å². The summed E-state index contributed by atoms with van der Waals surface area (Å²) in [6.07, 6.45) is 1.04. The number of benzene rings is 1. The minimum absolute atomic E-state index is 0.184. The Balaban J connectivity index is 2.81. The molecular formula is C11H16FN. The first-order valence-electron chi connectivity index (χ1n) is 4.66. The molecule has 1 aromatic rings. The monoisotopic (exact) mass is 181 g/mol. The molecule has 2 heteroatoms. The Kier molecular flexibility index (Phi) is 3.29. The molecule has 1 aromatic carbocycles. The van der Waals surface area contributed by atoms with Gasteiger partial charge in [-0.15, -0.1) is 0 Å². The van der Waals surface area contributed by atoms with Gasteiger partial charge < -0.3 is 5.32 Å². The molecule has 13 heavy (non-hydrogen) atoms. The lowest BCUT2D eigenvalue weighted by atomic mass is 10.1. The molecule has 0 saturated carbocycles. The fourth-order valence-corrected chi connectivity index (χ4v) is 1.12. The molecule has 0 aliphatic heterocycles. The lowest BCUT2D eigenvalue weighted by Gasteiger charge is -2.14. The third kappa shape index (κ3) is 2.72. The van der Waals surface area contributed by atoms with Crippen LogP contribution in [0, 0.1) is 12.7 Å². The van der Waals surface area contributed by atoms with E-state index in [0.29, 0.717) is 6.04 Å². The summed E-state index contributed by atoms with van der Waals surface area (Å²) in [5.41, 5.74) is 1.98. The van der Waals surface area contributed by atoms with Crippen LogP contribution in [0.4, 0.5) is 10.1 Å². The average Bonchev–Trinajstić information content (AvgIpc) is 2.11. The minimum Gasteiger partial charge on any atom is -0.382 e. The number of halogens is 1. The Labute approximate surface area is 79.0 Å². The van der Waals surface area contributed by atoms with E-state index in [1.165, 1.54) is 6.07 Å². The molecular weight excluding hydrogens is 165 g/mol. The van der Waals surface area contributed by atoms with Gasteiger partial charge in [0.05, 0.1) is 0 Å². The predicted octanol–water partition coefficient (Wildman–Crippen LogP) is 3.34. The van der Waals surface area contributed by atoms with Crippen LogP contribution < -0.4 is 5.32 Å². The molecule has 72 valence electrons. The molecule has 0 aliphatic rings. The maximum Gasteiger partial charge on any atom is 0.125 e. The lowest BCUT2D eigenvalue weighted by molar-refractivity contribution is 0.627. The van der Waals surface area contributed by atoms with Gasteiger partial charge in [0.25, 0.3) is 0 Å². The van der Waals surface area contributed by atoms with E-state index in [1.807, 2.05) is 6.92 Å². The third-order valence-electron chi connectivity index (χ3n) is 2.21. The highest BCUT2D eigenvalue weighted by atomic mass is 19.1. The quantitative estimate of drug-likeness (QED) is 0.754. The Morgan fingerprint density at radius 1 is 1.46 bits per heavy atom. The van der Waals surface area contributed by atoms with E-state index < -0.39 is 0 Å². The summed E-state index contributed by atoms with van der Waals surface area (Å²) in [4.78, 5) is 0. The molecule has 0 aromatic heterocycles. The highest BCUT2D eigenvalue weighted by Crippen LogP contribution is 2.17. The summed E-state index contributed by atoms with van der Waals surface area (Å²) < 4.78 is 12.9. The van der Waals surface area contributed by atoms with Gasteiger partial charge in [-0.3, -0.25) is 0 Å².